The second-order valence-corrected chi connectivity index (χ2v) is 9.55. The third kappa shape index (κ3) is 6.79. The van der Waals surface area contributed by atoms with Gasteiger partial charge in [0.25, 0.3) is 0 Å². The molecule has 0 spiro atoms. The molecule has 1 unspecified atom stereocenters. The van der Waals surface area contributed by atoms with Gasteiger partial charge in [0.1, 0.15) is 6.61 Å². The van der Waals surface area contributed by atoms with Crippen LogP contribution in [0, 0.1) is 5.82 Å². The summed E-state index contributed by atoms with van der Waals surface area (Å²) >= 11 is 1.15. The molecule has 10 heteroatoms. The van der Waals surface area contributed by atoms with Gasteiger partial charge in [-0.1, -0.05) is 42.1 Å². The van der Waals surface area contributed by atoms with E-state index in [1.807, 2.05) is 51.1 Å². The number of carbonyl (C=O) groups is 2. The van der Waals surface area contributed by atoms with Crippen LogP contribution in [0.1, 0.15) is 33.5 Å². The fourth-order valence-corrected chi connectivity index (χ4v) is 3.69. The lowest BCUT2D eigenvalue weighted by Gasteiger charge is -2.21. The molecule has 174 valence electrons. The Hall–Kier alpha value is -3.40. The second-order valence-electron chi connectivity index (χ2n) is 8.24. The summed E-state index contributed by atoms with van der Waals surface area (Å²) in [6.45, 7) is 7.11. The van der Waals surface area contributed by atoms with Crippen molar-refractivity contribution in [1.29, 1.82) is 0 Å². The van der Waals surface area contributed by atoms with E-state index in [1.54, 1.807) is 23.6 Å². The fraction of sp³-hybridized carbons (Fsp3) is 0.304. The van der Waals surface area contributed by atoms with Gasteiger partial charge < -0.3 is 10.1 Å². The average Bonchev–Trinajstić information content (AvgIpc) is 3.14. The lowest BCUT2D eigenvalue weighted by molar-refractivity contribution is -0.119. The molecule has 0 bridgehead atoms. The maximum absolute atomic E-state index is 13.9. The zero-order valence-electron chi connectivity index (χ0n) is 18.8. The Bertz CT molecular complexity index is 1110. The number of halogens is 1. The zero-order valence-corrected chi connectivity index (χ0v) is 19.6. The molecule has 3 aromatic rings. The van der Waals surface area contributed by atoms with Crippen molar-refractivity contribution in [1.82, 2.24) is 25.4 Å². The number of amides is 3. The predicted octanol–water partition coefficient (Wildman–Crippen LogP) is 4.09. The van der Waals surface area contributed by atoms with Gasteiger partial charge in [0.2, 0.25) is 5.91 Å². The molecule has 0 saturated carbocycles. The van der Waals surface area contributed by atoms with Crippen molar-refractivity contribution in [2.75, 3.05) is 0 Å². The van der Waals surface area contributed by atoms with Crippen molar-refractivity contribution in [3.05, 3.63) is 66.2 Å². The van der Waals surface area contributed by atoms with E-state index >= 15 is 0 Å². The number of imide groups is 1. The highest BCUT2D eigenvalue weighted by Gasteiger charge is 2.24. The third-order valence-electron chi connectivity index (χ3n) is 4.28. The van der Waals surface area contributed by atoms with Crippen molar-refractivity contribution in [3.8, 4) is 11.4 Å². The molecule has 1 heterocycles. The Morgan fingerprint density at radius 2 is 1.76 bits per heavy atom. The van der Waals surface area contributed by atoms with Crippen LogP contribution >= 0.6 is 11.8 Å². The van der Waals surface area contributed by atoms with E-state index in [4.69, 9.17) is 4.74 Å². The molecule has 1 aromatic heterocycles. The Morgan fingerprint density at radius 3 is 2.42 bits per heavy atom. The highest BCUT2D eigenvalue weighted by molar-refractivity contribution is 8.00. The van der Waals surface area contributed by atoms with Crippen LogP contribution in [0.5, 0.6) is 5.75 Å². The number of nitrogens with one attached hydrogen (secondary N) is 2. The number of rotatable bonds is 7. The molecule has 0 aliphatic heterocycles. The minimum absolute atomic E-state index is 0.0298. The number of benzene rings is 2. The topological polar surface area (TPSA) is 98.1 Å². The van der Waals surface area contributed by atoms with Crippen molar-refractivity contribution in [2.45, 2.75) is 50.2 Å². The smallest absolute Gasteiger partial charge is 0.321 e. The quantitative estimate of drug-likeness (QED) is 0.504. The van der Waals surface area contributed by atoms with Crippen LogP contribution in [0.3, 0.4) is 0 Å². The van der Waals surface area contributed by atoms with Gasteiger partial charge >= 0.3 is 6.03 Å². The van der Waals surface area contributed by atoms with Gasteiger partial charge in [-0.3, -0.25) is 14.7 Å². The highest BCUT2D eigenvalue weighted by Crippen LogP contribution is 2.27. The summed E-state index contributed by atoms with van der Waals surface area (Å²) < 4.78 is 21.3. The molecule has 3 rings (SSSR count). The lowest BCUT2D eigenvalue weighted by Crippen LogP contribution is -2.49. The molecular weight excluding hydrogens is 445 g/mol. The first-order valence-corrected chi connectivity index (χ1v) is 11.2. The molecule has 2 N–H and O–H groups in total. The number of nitrogens with zero attached hydrogens (tertiary/aromatic N) is 3. The van der Waals surface area contributed by atoms with Gasteiger partial charge in [0, 0.05) is 11.2 Å². The van der Waals surface area contributed by atoms with E-state index in [-0.39, 0.29) is 12.4 Å². The number of hydrogen-bond acceptors (Lipinski definition) is 6. The van der Waals surface area contributed by atoms with Crippen LogP contribution in [-0.4, -0.2) is 37.5 Å². The Labute approximate surface area is 195 Å². The number of urea groups is 1. The van der Waals surface area contributed by atoms with E-state index in [0.717, 1.165) is 17.4 Å². The Balaban J connectivity index is 1.78. The van der Waals surface area contributed by atoms with E-state index in [0.29, 0.717) is 11.0 Å². The molecule has 0 aliphatic carbocycles. The Kier molecular flexibility index (Phi) is 7.70. The minimum atomic E-state index is -0.636. The summed E-state index contributed by atoms with van der Waals surface area (Å²) in [4.78, 5) is 24.6. The fourth-order valence-electron chi connectivity index (χ4n) is 2.81. The summed E-state index contributed by atoms with van der Waals surface area (Å²) in [5, 5.41) is 13.2. The molecular formula is C23H26FN5O3S. The maximum atomic E-state index is 13.9. The van der Waals surface area contributed by atoms with Crippen molar-refractivity contribution in [2.24, 2.45) is 0 Å². The zero-order chi connectivity index (χ0) is 24.0. The van der Waals surface area contributed by atoms with Crippen molar-refractivity contribution >= 4 is 23.7 Å². The number of ether oxygens (including phenoxy) is 1. The molecule has 0 fully saturated rings. The van der Waals surface area contributed by atoms with E-state index in [1.165, 1.54) is 12.1 Å². The number of para-hydroxylation sites is 2. The SMILES string of the molecule is CC(Sc1nnc(COc2ccccc2F)n1-c1ccccc1)C(=O)NC(=O)NC(C)(C)C. The first-order chi connectivity index (χ1) is 15.6. The van der Waals surface area contributed by atoms with Crippen molar-refractivity contribution < 1.29 is 18.7 Å². The van der Waals surface area contributed by atoms with Crippen LogP contribution in [0.15, 0.2) is 59.8 Å². The summed E-state index contributed by atoms with van der Waals surface area (Å²) in [5.74, 6) is -0.401. The summed E-state index contributed by atoms with van der Waals surface area (Å²) in [6.07, 6.45) is 0. The van der Waals surface area contributed by atoms with Gasteiger partial charge in [-0.25, -0.2) is 9.18 Å². The van der Waals surface area contributed by atoms with E-state index < -0.39 is 28.5 Å². The lowest BCUT2D eigenvalue weighted by atomic mass is 10.1. The van der Waals surface area contributed by atoms with Crippen molar-refractivity contribution in [3.63, 3.8) is 0 Å². The molecule has 0 saturated heterocycles. The summed E-state index contributed by atoms with van der Waals surface area (Å²) in [6, 6.07) is 14.9. The van der Waals surface area contributed by atoms with Gasteiger partial charge in [0.05, 0.1) is 5.25 Å². The second kappa shape index (κ2) is 10.5. The predicted molar refractivity (Wildman–Crippen MR) is 124 cm³/mol. The first-order valence-electron chi connectivity index (χ1n) is 10.3. The number of carbonyl (C=O) groups excluding carboxylic acids is 2. The normalized spacial score (nSPS) is 12.2. The highest BCUT2D eigenvalue weighted by atomic mass is 32.2. The van der Waals surface area contributed by atoms with Crippen LogP contribution in [0.25, 0.3) is 5.69 Å². The maximum Gasteiger partial charge on any atom is 0.321 e. The van der Waals surface area contributed by atoms with Crippen LogP contribution in [-0.2, 0) is 11.4 Å². The third-order valence-corrected chi connectivity index (χ3v) is 5.33. The standard InChI is InChI=1S/C23H26FN5O3S/c1-15(20(30)25-21(31)26-23(2,3)4)33-22-28-27-19(29(22)16-10-6-5-7-11-16)14-32-18-13-9-8-12-17(18)24/h5-13,15H,14H2,1-4H3,(H2,25,26,30,31). The van der Waals surface area contributed by atoms with Gasteiger partial charge in [-0.05, 0) is 52.0 Å². The average molecular weight is 472 g/mol. The molecule has 1 atom stereocenters. The van der Waals surface area contributed by atoms with Gasteiger partial charge in [-0.2, -0.15) is 0 Å². The van der Waals surface area contributed by atoms with E-state index in [9.17, 15) is 14.0 Å². The van der Waals surface area contributed by atoms with Crippen LogP contribution in [0.2, 0.25) is 0 Å². The number of aromatic nitrogens is 3. The number of hydrogen-bond donors (Lipinski definition) is 2. The largest absolute Gasteiger partial charge is 0.483 e. The molecule has 2 aromatic carbocycles. The summed E-state index contributed by atoms with van der Waals surface area (Å²) in [7, 11) is 0. The Morgan fingerprint density at radius 1 is 1.09 bits per heavy atom. The first kappa shape index (κ1) is 24.2. The monoisotopic (exact) mass is 471 g/mol. The molecule has 33 heavy (non-hydrogen) atoms. The van der Waals surface area contributed by atoms with Gasteiger partial charge in [0.15, 0.2) is 22.5 Å². The minimum Gasteiger partial charge on any atom is -0.483 e. The van der Waals surface area contributed by atoms with E-state index in [2.05, 4.69) is 20.8 Å². The molecule has 0 aliphatic rings. The number of thioether (sulfide) groups is 1. The molecule has 3 amide bonds. The molecule has 8 nitrogen and oxygen atoms in total. The molecule has 0 radical (unpaired) electrons. The van der Waals surface area contributed by atoms with Crippen LogP contribution < -0.4 is 15.4 Å². The van der Waals surface area contributed by atoms with Gasteiger partial charge in [-0.15, -0.1) is 10.2 Å². The van der Waals surface area contributed by atoms with Crippen LogP contribution in [0.4, 0.5) is 9.18 Å². The summed E-state index contributed by atoms with van der Waals surface area (Å²) in [5.41, 5.74) is 0.289.